The summed E-state index contributed by atoms with van der Waals surface area (Å²) in [5.74, 6) is 0.719. The summed E-state index contributed by atoms with van der Waals surface area (Å²) >= 11 is 0. The Morgan fingerprint density at radius 3 is 2.64 bits per heavy atom. The lowest BCUT2D eigenvalue weighted by molar-refractivity contribution is 0.193. The number of H-pyrrole nitrogens is 1. The molecule has 0 radical (unpaired) electrons. The van der Waals surface area contributed by atoms with E-state index in [1.807, 2.05) is 11.8 Å². The second-order valence-corrected chi connectivity index (χ2v) is 5.20. The van der Waals surface area contributed by atoms with Gasteiger partial charge < -0.3 is 15.1 Å². The lowest BCUT2D eigenvalue weighted by atomic mass is 10.2. The van der Waals surface area contributed by atoms with Gasteiger partial charge in [-0.15, -0.1) is 0 Å². The first kappa shape index (κ1) is 14.3. The SMILES string of the molecule is Cc1[nH]ncc1CNC(=O)N1CCN(c2ncccn2)CC1. The number of nitrogens with one attached hydrogen (secondary N) is 2. The molecule has 8 nitrogen and oxygen atoms in total. The van der Waals surface area contributed by atoms with Gasteiger partial charge in [-0.1, -0.05) is 0 Å². The average molecular weight is 301 g/mol. The molecule has 1 aliphatic rings. The third-order valence-corrected chi connectivity index (χ3v) is 3.77. The van der Waals surface area contributed by atoms with Gasteiger partial charge in [0.15, 0.2) is 0 Å². The number of aryl methyl sites for hydroxylation is 1. The molecular weight excluding hydrogens is 282 g/mol. The molecule has 3 heterocycles. The number of aromatic nitrogens is 4. The Labute approximate surface area is 128 Å². The monoisotopic (exact) mass is 301 g/mol. The summed E-state index contributed by atoms with van der Waals surface area (Å²) in [6.07, 6.45) is 5.20. The van der Waals surface area contributed by atoms with Crippen LogP contribution in [0, 0.1) is 6.92 Å². The lowest BCUT2D eigenvalue weighted by Gasteiger charge is -2.34. The molecule has 22 heavy (non-hydrogen) atoms. The van der Waals surface area contributed by atoms with Crippen molar-refractivity contribution in [2.45, 2.75) is 13.5 Å². The van der Waals surface area contributed by atoms with E-state index in [0.29, 0.717) is 19.6 Å². The van der Waals surface area contributed by atoms with E-state index in [9.17, 15) is 4.79 Å². The molecule has 2 aromatic heterocycles. The topological polar surface area (TPSA) is 90.0 Å². The van der Waals surface area contributed by atoms with Crippen LogP contribution in [0.15, 0.2) is 24.7 Å². The minimum Gasteiger partial charge on any atom is -0.337 e. The largest absolute Gasteiger partial charge is 0.337 e. The van der Waals surface area contributed by atoms with E-state index in [1.54, 1.807) is 24.7 Å². The summed E-state index contributed by atoms with van der Waals surface area (Å²) in [6.45, 7) is 5.23. The Morgan fingerprint density at radius 2 is 2.00 bits per heavy atom. The number of anilines is 1. The van der Waals surface area contributed by atoms with Crippen LogP contribution >= 0.6 is 0 Å². The van der Waals surface area contributed by atoms with Crippen LogP contribution in [-0.4, -0.2) is 57.3 Å². The van der Waals surface area contributed by atoms with Gasteiger partial charge in [0, 0.05) is 56.4 Å². The summed E-state index contributed by atoms with van der Waals surface area (Å²) in [5.41, 5.74) is 1.98. The highest BCUT2D eigenvalue weighted by atomic mass is 16.2. The van der Waals surface area contributed by atoms with E-state index < -0.39 is 0 Å². The van der Waals surface area contributed by atoms with Gasteiger partial charge in [0.1, 0.15) is 0 Å². The van der Waals surface area contributed by atoms with Gasteiger partial charge in [-0.2, -0.15) is 5.10 Å². The number of rotatable bonds is 3. The molecule has 2 amide bonds. The van der Waals surface area contributed by atoms with Crippen LogP contribution in [0.5, 0.6) is 0 Å². The molecule has 2 aromatic rings. The number of hydrogen-bond donors (Lipinski definition) is 2. The van der Waals surface area contributed by atoms with Crippen molar-refractivity contribution < 1.29 is 4.79 Å². The van der Waals surface area contributed by atoms with Crippen LogP contribution in [-0.2, 0) is 6.54 Å². The Hall–Kier alpha value is -2.64. The maximum absolute atomic E-state index is 12.2. The first-order valence-electron chi connectivity index (χ1n) is 7.27. The molecule has 0 aromatic carbocycles. The van der Waals surface area contributed by atoms with E-state index in [2.05, 4.69) is 30.4 Å². The summed E-state index contributed by atoms with van der Waals surface area (Å²) < 4.78 is 0. The molecule has 0 saturated carbocycles. The van der Waals surface area contributed by atoms with Crippen LogP contribution < -0.4 is 10.2 Å². The highest BCUT2D eigenvalue weighted by Crippen LogP contribution is 2.10. The van der Waals surface area contributed by atoms with Crippen LogP contribution in [0.2, 0.25) is 0 Å². The second kappa shape index (κ2) is 6.42. The highest BCUT2D eigenvalue weighted by molar-refractivity contribution is 5.74. The Bertz CT molecular complexity index is 619. The summed E-state index contributed by atoms with van der Waals surface area (Å²) in [7, 11) is 0. The van der Waals surface area contributed by atoms with E-state index in [-0.39, 0.29) is 6.03 Å². The van der Waals surface area contributed by atoms with E-state index in [1.165, 1.54) is 0 Å². The lowest BCUT2D eigenvalue weighted by Crippen LogP contribution is -2.52. The van der Waals surface area contributed by atoms with Gasteiger partial charge >= 0.3 is 6.03 Å². The zero-order valence-corrected chi connectivity index (χ0v) is 12.5. The van der Waals surface area contributed by atoms with Crippen molar-refractivity contribution >= 4 is 12.0 Å². The molecule has 0 bridgehead atoms. The van der Waals surface area contributed by atoms with Crippen molar-refractivity contribution in [1.82, 2.24) is 30.4 Å². The minimum atomic E-state index is -0.0470. The highest BCUT2D eigenvalue weighted by Gasteiger charge is 2.22. The number of amides is 2. The predicted molar refractivity (Wildman–Crippen MR) is 81.4 cm³/mol. The fourth-order valence-electron chi connectivity index (χ4n) is 2.40. The third-order valence-electron chi connectivity index (χ3n) is 3.77. The second-order valence-electron chi connectivity index (χ2n) is 5.20. The molecule has 1 fully saturated rings. The molecular formula is C14H19N7O. The number of piperazine rings is 1. The van der Waals surface area contributed by atoms with Crippen LogP contribution in [0.3, 0.4) is 0 Å². The van der Waals surface area contributed by atoms with Gasteiger partial charge in [-0.3, -0.25) is 5.10 Å². The molecule has 2 N–H and O–H groups in total. The molecule has 3 rings (SSSR count). The Kier molecular flexibility index (Phi) is 4.17. The molecule has 8 heteroatoms. The maximum atomic E-state index is 12.2. The van der Waals surface area contributed by atoms with Crippen molar-refractivity contribution in [2.24, 2.45) is 0 Å². The molecule has 0 aliphatic carbocycles. The van der Waals surface area contributed by atoms with Crippen molar-refractivity contribution in [3.63, 3.8) is 0 Å². The molecule has 1 saturated heterocycles. The third kappa shape index (κ3) is 3.16. The zero-order valence-electron chi connectivity index (χ0n) is 12.5. The number of carbonyl (C=O) groups is 1. The van der Waals surface area contributed by atoms with Crippen LogP contribution in [0.4, 0.5) is 10.7 Å². The molecule has 1 aliphatic heterocycles. The Balaban J connectivity index is 1.49. The fourth-order valence-corrected chi connectivity index (χ4v) is 2.40. The summed E-state index contributed by atoms with van der Waals surface area (Å²) in [4.78, 5) is 24.6. The van der Waals surface area contributed by atoms with Crippen molar-refractivity contribution in [1.29, 1.82) is 0 Å². The molecule has 0 spiro atoms. The first-order valence-corrected chi connectivity index (χ1v) is 7.27. The minimum absolute atomic E-state index is 0.0470. The summed E-state index contributed by atoms with van der Waals surface area (Å²) in [5, 5.41) is 9.73. The molecule has 0 atom stereocenters. The van der Waals surface area contributed by atoms with Gasteiger partial charge in [-0.05, 0) is 13.0 Å². The van der Waals surface area contributed by atoms with Crippen molar-refractivity contribution in [3.8, 4) is 0 Å². The Morgan fingerprint density at radius 1 is 1.27 bits per heavy atom. The summed E-state index contributed by atoms with van der Waals surface area (Å²) in [6, 6.07) is 1.75. The quantitative estimate of drug-likeness (QED) is 0.863. The molecule has 0 unspecified atom stereocenters. The smallest absolute Gasteiger partial charge is 0.317 e. The van der Waals surface area contributed by atoms with Gasteiger partial charge in [0.05, 0.1) is 6.20 Å². The maximum Gasteiger partial charge on any atom is 0.317 e. The zero-order chi connectivity index (χ0) is 15.4. The predicted octanol–water partition coefficient (Wildman–Crippen LogP) is 0.540. The van der Waals surface area contributed by atoms with Crippen LogP contribution in [0.25, 0.3) is 0 Å². The van der Waals surface area contributed by atoms with Crippen molar-refractivity contribution in [3.05, 3.63) is 35.9 Å². The average Bonchev–Trinajstić information content (AvgIpc) is 2.99. The number of urea groups is 1. The standard InChI is InChI=1S/C14H19N7O/c1-11-12(10-18-19-11)9-17-14(22)21-7-5-20(6-8-21)13-15-3-2-4-16-13/h2-4,10H,5-9H2,1H3,(H,17,22)(H,18,19). The number of carbonyl (C=O) groups excluding carboxylic acids is 1. The van der Waals surface area contributed by atoms with E-state index >= 15 is 0 Å². The van der Waals surface area contributed by atoms with E-state index in [0.717, 1.165) is 30.3 Å². The number of aromatic amines is 1. The number of hydrogen-bond acceptors (Lipinski definition) is 5. The normalized spacial score (nSPS) is 15.0. The van der Waals surface area contributed by atoms with Crippen molar-refractivity contribution in [2.75, 3.05) is 31.1 Å². The fraction of sp³-hybridized carbons (Fsp3) is 0.429. The van der Waals surface area contributed by atoms with E-state index in [4.69, 9.17) is 0 Å². The number of nitrogens with zero attached hydrogens (tertiary/aromatic N) is 5. The van der Waals surface area contributed by atoms with Crippen LogP contribution in [0.1, 0.15) is 11.3 Å². The molecule has 116 valence electrons. The van der Waals surface area contributed by atoms with Gasteiger partial charge in [0.25, 0.3) is 0 Å². The van der Waals surface area contributed by atoms with Gasteiger partial charge in [-0.25, -0.2) is 14.8 Å². The first-order chi connectivity index (χ1) is 10.7. The van der Waals surface area contributed by atoms with Gasteiger partial charge in [0.2, 0.25) is 5.95 Å².